The smallest absolute Gasteiger partial charge is 0.151 e. The van der Waals surface area contributed by atoms with Crippen LogP contribution in [0.4, 0.5) is 4.39 Å². The Balaban J connectivity index is 1.21. The van der Waals surface area contributed by atoms with Crippen LogP contribution >= 0.6 is 0 Å². The number of ether oxygens (including phenoxy) is 1. The van der Waals surface area contributed by atoms with Gasteiger partial charge in [-0.3, -0.25) is 4.98 Å². The average molecular weight is 423 g/mol. The molecule has 0 aliphatic heterocycles. The first kappa shape index (κ1) is 21.2. The number of aliphatic hydroxyl groups excluding tert-OH is 1. The molecule has 0 aliphatic rings. The minimum Gasteiger partial charge on any atom is -0.497 e. The van der Waals surface area contributed by atoms with E-state index in [4.69, 9.17) is 4.74 Å². The second-order valence-corrected chi connectivity index (χ2v) is 7.32. The number of hydrogen-bond donors (Lipinski definition) is 4. The lowest BCUT2D eigenvalue weighted by Crippen LogP contribution is -2.31. The summed E-state index contributed by atoms with van der Waals surface area (Å²) in [6, 6.07) is 12.4. The van der Waals surface area contributed by atoms with Crippen LogP contribution in [0.5, 0.6) is 5.75 Å². The largest absolute Gasteiger partial charge is 0.497 e. The summed E-state index contributed by atoms with van der Waals surface area (Å²) in [5.41, 5.74) is 2.74. The van der Waals surface area contributed by atoms with Gasteiger partial charge >= 0.3 is 0 Å². The highest BCUT2D eigenvalue weighted by Gasteiger charge is 2.12. The fourth-order valence-corrected chi connectivity index (χ4v) is 3.59. The van der Waals surface area contributed by atoms with E-state index in [0.29, 0.717) is 30.5 Å². The lowest BCUT2D eigenvalue weighted by Gasteiger charge is -2.15. The van der Waals surface area contributed by atoms with Gasteiger partial charge in [0.15, 0.2) is 5.82 Å². The summed E-state index contributed by atoms with van der Waals surface area (Å²) in [6.45, 7) is 2.60. The van der Waals surface area contributed by atoms with Gasteiger partial charge in [-0.1, -0.05) is 6.07 Å². The summed E-state index contributed by atoms with van der Waals surface area (Å²) < 4.78 is 19.0. The van der Waals surface area contributed by atoms with E-state index in [-0.39, 0.29) is 5.82 Å². The second kappa shape index (κ2) is 9.82. The number of halogens is 1. The monoisotopic (exact) mass is 423 g/mol. The van der Waals surface area contributed by atoms with Gasteiger partial charge in [-0.15, -0.1) is 0 Å². The van der Waals surface area contributed by atoms with Crippen molar-refractivity contribution in [2.45, 2.75) is 12.5 Å². The van der Waals surface area contributed by atoms with Crippen LogP contribution in [0.1, 0.15) is 17.5 Å². The zero-order chi connectivity index (χ0) is 21.6. The molecule has 162 valence electrons. The van der Waals surface area contributed by atoms with Gasteiger partial charge in [-0.25, -0.2) is 9.37 Å². The molecular formula is C23H26FN5O2. The summed E-state index contributed by atoms with van der Waals surface area (Å²) >= 11 is 0. The van der Waals surface area contributed by atoms with Crippen LogP contribution < -0.4 is 15.4 Å². The fraction of sp³-hybridized carbons (Fsp3) is 0.304. The minimum atomic E-state index is -0.650. The normalized spacial score (nSPS) is 12.5. The Labute approximate surface area is 179 Å². The number of aliphatic hydroxyl groups is 1. The highest BCUT2D eigenvalue weighted by Crippen LogP contribution is 2.26. The predicted molar refractivity (Wildman–Crippen MR) is 119 cm³/mol. The summed E-state index contributed by atoms with van der Waals surface area (Å²) in [5, 5.41) is 18.1. The van der Waals surface area contributed by atoms with E-state index in [1.165, 1.54) is 6.07 Å². The SMILES string of the molecule is COc1ccc2nccc([C@@H](O)CNCCNCCc3nc4c(F)cccc4[nH]3)c2c1. The van der Waals surface area contributed by atoms with E-state index in [1.54, 1.807) is 19.4 Å². The number of methoxy groups -OCH3 is 1. The lowest BCUT2D eigenvalue weighted by molar-refractivity contribution is 0.176. The average Bonchev–Trinajstić information content (AvgIpc) is 3.22. The first-order valence-electron chi connectivity index (χ1n) is 10.3. The van der Waals surface area contributed by atoms with Crippen molar-refractivity contribution in [2.24, 2.45) is 0 Å². The van der Waals surface area contributed by atoms with E-state index in [1.807, 2.05) is 30.3 Å². The lowest BCUT2D eigenvalue weighted by atomic mass is 10.0. The van der Waals surface area contributed by atoms with E-state index in [2.05, 4.69) is 25.6 Å². The number of nitrogens with zero attached hydrogens (tertiary/aromatic N) is 2. The molecule has 4 N–H and O–H groups in total. The first-order chi connectivity index (χ1) is 15.2. The third-order valence-corrected chi connectivity index (χ3v) is 5.21. The van der Waals surface area contributed by atoms with Gasteiger partial charge in [-0.05, 0) is 42.0 Å². The number of pyridine rings is 1. The molecule has 4 rings (SSSR count). The summed E-state index contributed by atoms with van der Waals surface area (Å²) in [4.78, 5) is 11.8. The predicted octanol–water partition coefficient (Wildman–Crippen LogP) is 2.71. The van der Waals surface area contributed by atoms with Crippen molar-refractivity contribution in [1.82, 2.24) is 25.6 Å². The number of hydrogen-bond acceptors (Lipinski definition) is 6. The van der Waals surface area contributed by atoms with E-state index >= 15 is 0 Å². The van der Waals surface area contributed by atoms with Crippen LogP contribution in [0.3, 0.4) is 0 Å². The Bertz CT molecular complexity index is 1160. The number of aromatic amines is 1. The molecule has 0 bridgehead atoms. The standard InChI is InChI=1S/C23H26FN5O2/c1-31-15-5-6-19-17(13-15)16(7-10-27-19)21(30)14-26-12-11-25-9-8-22-28-20-4-2-3-18(24)23(20)29-22/h2-7,10,13,21,25-26,30H,8-9,11-12,14H2,1H3,(H,28,29)/t21-/m0/s1. The molecule has 0 saturated carbocycles. The van der Waals surface area contributed by atoms with E-state index in [0.717, 1.165) is 41.1 Å². The Morgan fingerprint density at radius 1 is 1.13 bits per heavy atom. The number of nitrogens with one attached hydrogen (secondary N) is 3. The van der Waals surface area contributed by atoms with Crippen LogP contribution in [0.2, 0.25) is 0 Å². The molecule has 2 aromatic heterocycles. The van der Waals surface area contributed by atoms with Crippen LogP contribution in [0.15, 0.2) is 48.7 Å². The maximum atomic E-state index is 13.7. The molecule has 31 heavy (non-hydrogen) atoms. The van der Waals surface area contributed by atoms with Gasteiger partial charge in [0, 0.05) is 44.2 Å². The minimum absolute atomic E-state index is 0.309. The van der Waals surface area contributed by atoms with Crippen molar-refractivity contribution in [2.75, 3.05) is 33.3 Å². The van der Waals surface area contributed by atoms with Gasteiger partial charge in [0.25, 0.3) is 0 Å². The topological polar surface area (TPSA) is 95.1 Å². The van der Waals surface area contributed by atoms with Crippen molar-refractivity contribution >= 4 is 21.9 Å². The van der Waals surface area contributed by atoms with Gasteiger partial charge in [0.1, 0.15) is 17.1 Å². The van der Waals surface area contributed by atoms with Crippen LogP contribution in [-0.4, -0.2) is 53.3 Å². The Kier molecular flexibility index (Phi) is 6.71. The molecule has 1 atom stereocenters. The highest BCUT2D eigenvalue weighted by molar-refractivity contribution is 5.83. The fourth-order valence-electron chi connectivity index (χ4n) is 3.59. The van der Waals surface area contributed by atoms with Gasteiger partial charge < -0.3 is 25.5 Å². The summed E-state index contributed by atoms with van der Waals surface area (Å²) in [6.07, 6.45) is 1.74. The van der Waals surface area contributed by atoms with Gasteiger partial charge in [-0.2, -0.15) is 0 Å². The van der Waals surface area contributed by atoms with Gasteiger partial charge in [0.2, 0.25) is 0 Å². The zero-order valence-electron chi connectivity index (χ0n) is 17.4. The maximum Gasteiger partial charge on any atom is 0.151 e. The molecule has 2 aromatic carbocycles. The molecule has 0 fully saturated rings. The molecule has 2 heterocycles. The third kappa shape index (κ3) is 4.99. The maximum absolute atomic E-state index is 13.7. The van der Waals surface area contributed by atoms with Crippen LogP contribution in [0, 0.1) is 5.82 Å². The van der Waals surface area contributed by atoms with Gasteiger partial charge in [0.05, 0.1) is 24.2 Å². The number of fused-ring (bicyclic) bond motifs is 2. The number of rotatable bonds is 10. The molecule has 0 radical (unpaired) electrons. The quantitative estimate of drug-likeness (QED) is 0.293. The number of benzene rings is 2. The van der Waals surface area contributed by atoms with Crippen molar-refractivity contribution in [3.05, 3.63) is 65.9 Å². The third-order valence-electron chi connectivity index (χ3n) is 5.21. The molecule has 4 aromatic rings. The van der Waals surface area contributed by atoms with Crippen molar-refractivity contribution in [3.8, 4) is 5.75 Å². The van der Waals surface area contributed by atoms with Crippen molar-refractivity contribution in [3.63, 3.8) is 0 Å². The number of para-hydroxylation sites is 1. The number of H-pyrrole nitrogens is 1. The summed E-state index contributed by atoms with van der Waals surface area (Å²) in [7, 11) is 1.62. The molecule has 0 aliphatic carbocycles. The summed E-state index contributed by atoms with van der Waals surface area (Å²) in [5.74, 6) is 1.19. The van der Waals surface area contributed by atoms with Crippen LogP contribution in [-0.2, 0) is 6.42 Å². The van der Waals surface area contributed by atoms with E-state index in [9.17, 15) is 9.50 Å². The zero-order valence-corrected chi connectivity index (χ0v) is 17.4. The molecule has 0 spiro atoms. The Morgan fingerprint density at radius 2 is 2.00 bits per heavy atom. The van der Waals surface area contributed by atoms with Crippen LogP contribution in [0.25, 0.3) is 21.9 Å². The number of aromatic nitrogens is 3. The number of imidazole rings is 1. The van der Waals surface area contributed by atoms with E-state index < -0.39 is 6.10 Å². The van der Waals surface area contributed by atoms with Crippen molar-refractivity contribution in [1.29, 1.82) is 0 Å². The first-order valence-corrected chi connectivity index (χ1v) is 10.3. The van der Waals surface area contributed by atoms with Crippen molar-refractivity contribution < 1.29 is 14.2 Å². The molecule has 0 amide bonds. The molecule has 7 nitrogen and oxygen atoms in total. The second-order valence-electron chi connectivity index (χ2n) is 7.32. The Morgan fingerprint density at radius 3 is 2.84 bits per heavy atom. The molecule has 8 heteroatoms. The molecular weight excluding hydrogens is 397 g/mol. The molecule has 0 saturated heterocycles. The Hall–Kier alpha value is -3.07. The highest BCUT2D eigenvalue weighted by atomic mass is 19.1. The molecule has 0 unspecified atom stereocenters.